The maximum Gasteiger partial charge on any atom is 0.407 e. The van der Waals surface area contributed by atoms with Gasteiger partial charge >= 0.3 is 6.09 Å². The van der Waals surface area contributed by atoms with Crippen molar-refractivity contribution < 1.29 is 24.2 Å². The third kappa shape index (κ3) is 4.81. The summed E-state index contributed by atoms with van der Waals surface area (Å²) < 4.78 is 7.37. The highest BCUT2D eigenvalue weighted by molar-refractivity contribution is 6.09. The lowest BCUT2D eigenvalue weighted by Crippen LogP contribution is -2.41. The molecule has 4 rings (SSSR count). The predicted octanol–water partition coefficient (Wildman–Crippen LogP) is 2.54. The number of hydrogen-bond donors (Lipinski definition) is 2. The summed E-state index contributed by atoms with van der Waals surface area (Å²) in [6.07, 6.45) is 2.06. The minimum absolute atomic E-state index is 0.244. The molecule has 3 amide bonds. The van der Waals surface area contributed by atoms with E-state index in [1.165, 1.54) is 11.9 Å². The lowest BCUT2D eigenvalue weighted by molar-refractivity contribution is -0.135. The van der Waals surface area contributed by atoms with Gasteiger partial charge in [-0.1, -0.05) is 11.8 Å². The molecule has 1 fully saturated rings. The summed E-state index contributed by atoms with van der Waals surface area (Å²) in [6, 6.07) is 9.09. The molecule has 9 heteroatoms. The summed E-state index contributed by atoms with van der Waals surface area (Å²) in [5, 5.41) is 13.1. The van der Waals surface area contributed by atoms with Gasteiger partial charge in [-0.15, -0.1) is 0 Å². The number of piperidine rings is 1. The largest absolute Gasteiger partial charge is 0.465 e. The van der Waals surface area contributed by atoms with Crippen molar-refractivity contribution >= 4 is 39.8 Å². The van der Waals surface area contributed by atoms with Gasteiger partial charge in [0.05, 0.1) is 5.52 Å². The zero-order valence-corrected chi connectivity index (χ0v) is 18.2. The quantitative estimate of drug-likeness (QED) is 0.340. The number of carbonyl (C=O) groups is 3. The smallest absolute Gasteiger partial charge is 0.407 e. The third-order valence-electron chi connectivity index (χ3n) is 5.60. The molecular formula is C24H24N4O5. The Labute approximate surface area is 190 Å². The van der Waals surface area contributed by atoms with Crippen molar-refractivity contribution in [2.24, 2.45) is 0 Å². The van der Waals surface area contributed by atoms with E-state index in [-0.39, 0.29) is 18.4 Å². The van der Waals surface area contributed by atoms with E-state index in [0.29, 0.717) is 38.1 Å². The number of fused-ring (bicyclic) bond motifs is 3. The summed E-state index contributed by atoms with van der Waals surface area (Å²) in [7, 11) is 1.52. The molecule has 1 atom stereocenters. The van der Waals surface area contributed by atoms with Crippen LogP contribution in [0.25, 0.3) is 21.9 Å². The molecule has 3 heterocycles. The lowest BCUT2D eigenvalue weighted by Gasteiger charge is -2.23. The Hall–Kier alpha value is -3.90. The third-order valence-corrected chi connectivity index (χ3v) is 5.60. The second-order valence-corrected chi connectivity index (χ2v) is 7.86. The molecule has 170 valence electrons. The van der Waals surface area contributed by atoms with Crippen molar-refractivity contribution in [1.29, 1.82) is 0 Å². The Kier molecular flexibility index (Phi) is 6.56. The Morgan fingerprint density at radius 1 is 1.33 bits per heavy atom. The normalized spacial score (nSPS) is 15.8. The number of aromatic nitrogens is 2. The van der Waals surface area contributed by atoms with E-state index in [2.05, 4.69) is 22.1 Å². The zero-order valence-electron chi connectivity index (χ0n) is 18.2. The molecule has 0 saturated carbocycles. The summed E-state index contributed by atoms with van der Waals surface area (Å²) >= 11 is 0. The molecule has 1 aliphatic rings. The highest BCUT2D eigenvalue weighted by Gasteiger charge is 2.30. The van der Waals surface area contributed by atoms with E-state index < -0.39 is 12.1 Å². The van der Waals surface area contributed by atoms with Crippen LogP contribution in [-0.2, 0) is 14.3 Å². The monoisotopic (exact) mass is 448 g/mol. The van der Waals surface area contributed by atoms with Crippen LogP contribution < -0.4 is 5.32 Å². The summed E-state index contributed by atoms with van der Waals surface area (Å²) in [5.74, 6) is 5.51. The number of benzene rings is 1. The van der Waals surface area contributed by atoms with Crippen molar-refractivity contribution in [2.45, 2.75) is 25.3 Å². The first-order chi connectivity index (χ1) is 16.0. The first-order valence-electron chi connectivity index (χ1n) is 10.7. The molecule has 1 aromatic carbocycles. The van der Waals surface area contributed by atoms with E-state index in [0.717, 1.165) is 21.9 Å². The van der Waals surface area contributed by atoms with Crippen LogP contribution in [0.3, 0.4) is 0 Å². The molecule has 2 aromatic heterocycles. The van der Waals surface area contributed by atoms with Crippen molar-refractivity contribution in [3.8, 4) is 11.8 Å². The summed E-state index contributed by atoms with van der Waals surface area (Å²) in [6.45, 7) is 1.08. The van der Waals surface area contributed by atoms with Gasteiger partial charge in [0.2, 0.25) is 11.8 Å². The molecule has 0 spiro atoms. The Morgan fingerprint density at radius 3 is 2.97 bits per heavy atom. The maximum absolute atomic E-state index is 12.5. The van der Waals surface area contributed by atoms with Gasteiger partial charge in [0.1, 0.15) is 18.3 Å². The van der Waals surface area contributed by atoms with Crippen LogP contribution in [0, 0.1) is 11.8 Å². The molecule has 2 N–H and O–H groups in total. The fourth-order valence-corrected chi connectivity index (χ4v) is 3.96. The van der Waals surface area contributed by atoms with Crippen LogP contribution in [0.1, 0.15) is 30.9 Å². The van der Waals surface area contributed by atoms with Crippen LogP contribution in [-0.4, -0.2) is 64.3 Å². The summed E-state index contributed by atoms with van der Waals surface area (Å²) in [5.41, 5.74) is 2.37. The van der Waals surface area contributed by atoms with Gasteiger partial charge in [-0.2, -0.15) is 0 Å². The van der Waals surface area contributed by atoms with Crippen LogP contribution in [0.15, 0.2) is 36.5 Å². The number of rotatable bonds is 6. The van der Waals surface area contributed by atoms with Crippen LogP contribution in [0.4, 0.5) is 4.79 Å². The van der Waals surface area contributed by atoms with Crippen molar-refractivity contribution in [2.75, 3.05) is 26.8 Å². The van der Waals surface area contributed by atoms with Gasteiger partial charge < -0.3 is 19.3 Å². The second-order valence-electron chi connectivity index (χ2n) is 7.86. The predicted molar refractivity (Wildman–Crippen MR) is 122 cm³/mol. The van der Waals surface area contributed by atoms with E-state index in [4.69, 9.17) is 9.84 Å². The molecule has 9 nitrogen and oxygen atoms in total. The zero-order chi connectivity index (χ0) is 23.4. The van der Waals surface area contributed by atoms with Gasteiger partial charge in [-0.05, 0) is 43.2 Å². The lowest BCUT2D eigenvalue weighted by atomic mass is 10.1. The molecule has 1 aliphatic heterocycles. The van der Waals surface area contributed by atoms with Crippen molar-refractivity contribution in [3.63, 3.8) is 0 Å². The number of ether oxygens (including phenoxy) is 1. The van der Waals surface area contributed by atoms with Gasteiger partial charge in [0.25, 0.3) is 0 Å². The number of nitrogens with zero attached hydrogens (tertiary/aromatic N) is 3. The van der Waals surface area contributed by atoms with Gasteiger partial charge in [-0.25, -0.2) is 9.78 Å². The minimum Gasteiger partial charge on any atom is -0.465 e. The topological polar surface area (TPSA) is 114 Å². The van der Waals surface area contributed by atoms with Crippen LogP contribution in [0.5, 0.6) is 0 Å². The van der Waals surface area contributed by atoms with Crippen molar-refractivity contribution in [3.05, 3.63) is 42.1 Å². The van der Waals surface area contributed by atoms with E-state index in [1.807, 2.05) is 34.9 Å². The number of hydrogen-bond acceptors (Lipinski definition) is 5. The van der Waals surface area contributed by atoms with E-state index in [9.17, 15) is 14.4 Å². The van der Waals surface area contributed by atoms with Gasteiger partial charge in [0.15, 0.2) is 0 Å². The molecular weight excluding hydrogens is 424 g/mol. The fraction of sp³-hybridized carbons (Fsp3) is 0.333. The number of amides is 3. The van der Waals surface area contributed by atoms with E-state index in [1.54, 1.807) is 6.20 Å². The first-order valence-corrected chi connectivity index (χ1v) is 10.7. The molecule has 0 radical (unpaired) electrons. The second kappa shape index (κ2) is 9.71. The molecule has 3 aromatic rings. The SMILES string of the molecule is CN(CCCOCC#Cc1ccc2c(c1)c1cccnc1n2C1CCC(=O)NC1=O)C(=O)O. The summed E-state index contributed by atoms with van der Waals surface area (Å²) in [4.78, 5) is 40.6. The molecule has 33 heavy (non-hydrogen) atoms. The standard InChI is InChI=1S/C24H24N4O5/c1-27(24(31)32)12-4-14-33-13-3-5-16-7-8-19-18(15-16)17-6-2-11-25-22(17)28(19)20-9-10-21(29)26-23(20)30/h2,6-8,11,15,20H,4,9-10,12-14H2,1H3,(H,31,32)(H,26,29,30). The molecule has 0 aliphatic carbocycles. The minimum atomic E-state index is -0.959. The average Bonchev–Trinajstić information content (AvgIpc) is 3.12. The number of carbonyl (C=O) groups excluding carboxylic acids is 2. The average molecular weight is 448 g/mol. The number of carboxylic acid groups (broad SMARTS) is 1. The highest BCUT2D eigenvalue weighted by Crippen LogP contribution is 2.33. The van der Waals surface area contributed by atoms with Gasteiger partial charge in [0, 0.05) is 49.2 Å². The van der Waals surface area contributed by atoms with Crippen molar-refractivity contribution in [1.82, 2.24) is 19.8 Å². The van der Waals surface area contributed by atoms with E-state index >= 15 is 0 Å². The van der Waals surface area contributed by atoms with Gasteiger partial charge in [-0.3, -0.25) is 14.9 Å². The Bertz CT molecular complexity index is 1290. The van der Waals surface area contributed by atoms with Crippen LogP contribution in [0.2, 0.25) is 0 Å². The Morgan fingerprint density at radius 2 is 2.18 bits per heavy atom. The Balaban J connectivity index is 1.51. The first kappa shape index (κ1) is 22.3. The number of nitrogens with one attached hydrogen (secondary N) is 1. The molecule has 0 bridgehead atoms. The number of imide groups is 1. The van der Waals surface area contributed by atoms with Crippen LogP contribution >= 0.6 is 0 Å². The molecule has 1 saturated heterocycles. The highest BCUT2D eigenvalue weighted by atomic mass is 16.5. The fourth-order valence-electron chi connectivity index (χ4n) is 3.96. The number of pyridine rings is 1. The molecule has 1 unspecified atom stereocenters. The maximum atomic E-state index is 12.5.